The maximum Gasteiger partial charge on any atom is 0.408 e. The van der Waals surface area contributed by atoms with Gasteiger partial charge in [0.2, 0.25) is 0 Å². The van der Waals surface area contributed by atoms with Gasteiger partial charge in [0, 0.05) is 12.2 Å². The van der Waals surface area contributed by atoms with Crippen LogP contribution in [0.25, 0.3) is 0 Å². The molecular formula is C15H22N2O4. The molecule has 0 saturated heterocycles. The maximum absolute atomic E-state index is 11.6. The third kappa shape index (κ3) is 6.65. The second-order valence-electron chi connectivity index (χ2n) is 5.78. The highest BCUT2D eigenvalue weighted by Crippen LogP contribution is 2.09. The number of anilines is 1. The van der Waals surface area contributed by atoms with E-state index in [0.29, 0.717) is 0 Å². The number of ether oxygens (including phenoxy) is 1. The van der Waals surface area contributed by atoms with Gasteiger partial charge in [-0.05, 0) is 39.8 Å². The van der Waals surface area contributed by atoms with E-state index >= 15 is 0 Å². The first kappa shape index (κ1) is 16.8. The second-order valence-corrected chi connectivity index (χ2v) is 5.78. The second kappa shape index (κ2) is 6.97. The van der Waals surface area contributed by atoms with Crippen LogP contribution in [-0.4, -0.2) is 35.4 Å². The molecular weight excluding hydrogens is 272 g/mol. The summed E-state index contributed by atoms with van der Waals surface area (Å²) in [5.41, 5.74) is 1.23. The van der Waals surface area contributed by atoms with Crippen LogP contribution in [0.4, 0.5) is 10.5 Å². The van der Waals surface area contributed by atoms with Crippen LogP contribution in [0.1, 0.15) is 26.3 Å². The quantitative estimate of drug-likeness (QED) is 0.776. The summed E-state index contributed by atoms with van der Waals surface area (Å²) in [6.07, 6.45) is -0.749. The number of nitrogens with one attached hydrogen (secondary N) is 2. The number of alkyl carbamates (subject to hydrolysis) is 1. The smallest absolute Gasteiger partial charge is 0.408 e. The van der Waals surface area contributed by atoms with Crippen molar-refractivity contribution in [3.05, 3.63) is 29.8 Å². The van der Waals surface area contributed by atoms with Crippen LogP contribution in [0.2, 0.25) is 0 Å². The Morgan fingerprint density at radius 3 is 2.29 bits per heavy atom. The summed E-state index contributed by atoms with van der Waals surface area (Å²) in [5, 5.41) is 14.4. The Morgan fingerprint density at radius 2 is 1.81 bits per heavy atom. The molecule has 21 heavy (non-hydrogen) atoms. The minimum atomic E-state index is -1.12. The van der Waals surface area contributed by atoms with E-state index < -0.39 is 23.7 Å². The summed E-state index contributed by atoms with van der Waals surface area (Å²) in [4.78, 5) is 22.8. The molecule has 1 aromatic rings. The summed E-state index contributed by atoms with van der Waals surface area (Å²) < 4.78 is 5.04. The molecule has 0 heterocycles. The number of benzene rings is 1. The van der Waals surface area contributed by atoms with Crippen LogP contribution < -0.4 is 10.6 Å². The molecule has 0 aliphatic carbocycles. The Hall–Kier alpha value is -2.24. The molecule has 3 N–H and O–H groups in total. The van der Waals surface area contributed by atoms with Crippen molar-refractivity contribution in [1.29, 1.82) is 0 Å². The molecule has 0 bridgehead atoms. The number of amides is 1. The molecule has 0 saturated carbocycles. The fourth-order valence-corrected chi connectivity index (χ4v) is 1.54. The predicted molar refractivity (Wildman–Crippen MR) is 80.5 cm³/mol. The lowest BCUT2D eigenvalue weighted by atomic mass is 10.2. The number of hydrogen-bond donors (Lipinski definition) is 3. The van der Waals surface area contributed by atoms with Crippen molar-refractivity contribution in [2.24, 2.45) is 0 Å². The lowest BCUT2D eigenvalue weighted by Gasteiger charge is -2.22. The van der Waals surface area contributed by atoms with Crippen LogP contribution >= 0.6 is 0 Å². The summed E-state index contributed by atoms with van der Waals surface area (Å²) in [6, 6.07) is 6.46. The molecule has 1 rings (SSSR count). The van der Waals surface area contributed by atoms with Crippen molar-refractivity contribution < 1.29 is 19.4 Å². The molecule has 1 aromatic carbocycles. The molecule has 6 nitrogen and oxygen atoms in total. The van der Waals surface area contributed by atoms with Crippen molar-refractivity contribution in [2.75, 3.05) is 11.9 Å². The summed E-state index contributed by atoms with van der Waals surface area (Å²) >= 11 is 0. The van der Waals surface area contributed by atoms with E-state index in [1.807, 2.05) is 31.2 Å². The van der Waals surface area contributed by atoms with Gasteiger partial charge in [0.1, 0.15) is 11.6 Å². The highest BCUT2D eigenvalue weighted by molar-refractivity contribution is 5.80. The van der Waals surface area contributed by atoms with E-state index in [2.05, 4.69) is 10.6 Å². The Kier molecular flexibility index (Phi) is 5.58. The Labute approximate surface area is 124 Å². The zero-order valence-corrected chi connectivity index (χ0v) is 12.8. The van der Waals surface area contributed by atoms with Gasteiger partial charge in [0.15, 0.2) is 0 Å². The molecule has 116 valence electrons. The highest BCUT2D eigenvalue weighted by Gasteiger charge is 2.23. The van der Waals surface area contributed by atoms with Gasteiger partial charge in [-0.15, -0.1) is 0 Å². The predicted octanol–water partition coefficient (Wildman–Crippen LogP) is 2.38. The number of carboxylic acids is 1. The first-order chi connectivity index (χ1) is 9.67. The number of carboxylic acid groups (broad SMARTS) is 1. The third-order valence-corrected chi connectivity index (χ3v) is 2.55. The van der Waals surface area contributed by atoms with Crippen molar-refractivity contribution in [3.8, 4) is 0 Å². The number of aliphatic carboxylic acids is 1. The van der Waals surface area contributed by atoms with Gasteiger partial charge in [0.05, 0.1) is 0 Å². The molecule has 1 unspecified atom stereocenters. The molecule has 0 aliphatic heterocycles. The van der Waals surface area contributed by atoms with Crippen LogP contribution in [0.3, 0.4) is 0 Å². The molecule has 1 amide bonds. The molecule has 0 fully saturated rings. The number of carbonyl (C=O) groups is 2. The van der Waals surface area contributed by atoms with E-state index in [4.69, 9.17) is 9.84 Å². The van der Waals surface area contributed by atoms with Crippen LogP contribution in [-0.2, 0) is 9.53 Å². The fraction of sp³-hybridized carbons (Fsp3) is 0.467. The van der Waals surface area contributed by atoms with Crippen LogP contribution in [0, 0.1) is 6.92 Å². The molecule has 0 spiro atoms. The van der Waals surface area contributed by atoms with E-state index in [-0.39, 0.29) is 6.54 Å². The van der Waals surface area contributed by atoms with Crippen molar-refractivity contribution >= 4 is 17.7 Å². The minimum Gasteiger partial charge on any atom is -0.480 e. The number of carbonyl (C=O) groups excluding carboxylic acids is 1. The number of aryl methyl sites for hydroxylation is 1. The zero-order valence-electron chi connectivity index (χ0n) is 12.8. The highest BCUT2D eigenvalue weighted by atomic mass is 16.6. The van der Waals surface area contributed by atoms with Gasteiger partial charge in [-0.3, -0.25) is 0 Å². The normalized spacial score (nSPS) is 12.4. The largest absolute Gasteiger partial charge is 0.480 e. The van der Waals surface area contributed by atoms with Gasteiger partial charge >= 0.3 is 12.1 Å². The average molecular weight is 294 g/mol. The van der Waals surface area contributed by atoms with Crippen molar-refractivity contribution in [3.63, 3.8) is 0 Å². The van der Waals surface area contributed by atoms with Crippen LogP contribution in [0.15, 0.2) is 24.3 Å². The first-order valence-electron chi connectivity index (χ1n) is 6.70. The standard InChI is InChI=1S/C15H22N2O4/c1-10-5-7-11(8-6-10)16-9-12(13(18)19)17-14(20)21-15(2,3)4/h5-8,12,16H,9H2,1-4H3,(H,17,20)(H,18,19). The van der Waals surface area contributed by atoms with Gasteiger partial charge in [-0.1, -0.05) is 17.7 Å². The summed E-state index contributed by atoms with van der Waals surface area (Å²) in [6.45, 7) is 7.18. The Morgan fingerprint density at radius 1 is 1.24 bits per heavy atom. The molecule has 0 radical (unpaired) electrons. The third-order valence-electron chi connectivity index (χ3n) is 2.55. The molecule has 0 aromatic heterocycles. The van der Waals surface area contributed by atoms with Crippen molar-refractivity contribution in [2.45, 2.75) is 39.3 Å². The van der Waals surface area contributed by atoms with Gasteiger partial charge in [0.25, 0.3) is 0 Å². The molecule has 0 aliphatic rings. The van der Waals surface area contributed by atoms with Gasteiger partial charge in [-0.2, -0.15) is 0 Å². The number of hydrogen-bond acceptors (Lipinski definition) is 4. The molecule has 1 atom stereocenters. The van der Waals surface area contributed by atoms with E-state index in [1.54, 1.807) is 20.8 Å². The van der Waals surface area contributed by atoms with Gasteiger partial charge < -0.3 is 20.5 Å². The monoisotopic (exact) mass is 294 g/mol. The van der Waals surface area contributed by atoms with E-state index in [0.717, 1.165) is 11.3 Å². The Bertz CT molecular complexity index is 491. The SMILES string of the molecule is Cc1ccc(NCC(NC(=O)OC(C)(C)C)C(=O)O)cc1. The fourth-order valence-electron chi connectivity index (χ4n) is 1.54. The molecule has 6 heteroatoms. The van der Waals surface area contributed by atoms with E-state index in [1.165, 1.54) is 0 Å². The average Bonchev–Trinajstić information content (AvgIpc) is 2.33. The lowest BCUT2D eigenvalue weighted by Crippen LogP contribution is -2.47. The van der Waals surface area contributed by atoms with Gasteiger partial charge in [-0.25, -0.2) is 9.59 Å². The minimum absolute atomic E-state index is 0.0671. The number of rotatable bonds is 5. The van der Waals surface area contributed by atoms with Crippen molar-refractivity contribution in [1.82, 2.24) is 5.32 Å². The summed E-state index contributed by atoms with van der Waals surface area (Å²) in [7, 11) is 0. The maximum atomic E-state index is 11.6. The Balaban J connectivity index is 2.56. The van der Waals surface area contributed by atoms with Crippen LogP contribution in [0.5, 0.6) is 0 Å². The van der Waals surface area contributed by atoms with E-state index in [9.17, 15) is 9.59 Å². The topological polar surface area (TPSA) is 87.7 Å². The lowest BCUT2D eigenvalue weighted by molar-refractivity contribution is -0.139. The summed E-state index contributed by atoms with van der Waals surface area (Å²) in [5.74, 6) is -1.12. The zero-order chi connectivity index (χ0) is 16.0. The first-order valence-corrected chi connectivity index (χ1v) is 6.70.